The zero-order valence-corrected chi connectivity index (χ0v) is 22.0. The maximum absolute atomic E-state index is 14.0. The van der Waals surface area contributed by atoms with Crippen molar-refractivity contribution in [3.05, 3.63) is 115 Å². The lowest BCUT2D eigenvalue weighted by Gasteiger charge is -2.33. The topological polar surface area (TPSA) is 74.1 Å². The van der Waals surface area contributed by atoms with Crippen LogP contribution in [0.3, 0.4) is 0 Å². The predicted octanol–water partition coefficient (Wildman–Crippen LogP) is 4.49. The van der Waals surface area contributed by atoms with E-state index in [1.165, 1.54) is 0 Å². The van der Waals surface area contributed by atoms with Crippen LogP contribution in [0.25, 0.3) is 11.0 Å². The average molecular weight is 534 g/mol. The third kappa shape index (κ3) is 4.48. The summed E-state index contributed by atoms with van der Waals surface area (Å²) in [7, 11) is -2.35. The third-order valence-corrected chi connectivity index (χ3v) is 13.5. The van der Waals surface area contributed by atoms with Crippen LogP contribution in [0, 0.1) is 0 Å². The van der Waals surface area contributed by atoms with Crippen molar-refractivity contribution in [2.45, 2.75) is 5.66 Å². The molecule has 0 fully saturated rings. The summed E-state index contributed by atoms with van der Waals surface area (Å²) in [6.07, 6.45) is 0. The summed E-state index contributed by atoms with van der Waals surface area (Å²) in [6.45, 7) is 0. The number of rotatable bonds is 8. The van der Waals surface area contributed by atoms with Crippen LogP contribution < -0.4 is 15.3 Å². The van der Waals surface area contributed by atoms with Gasteiger partial charge in [-0.15, -0.1) is 9.19 Å². The molecule has 0 amide bonds. The molecule has 1 atom stereocenters. The minimum Gasteiger partial charge on any atom is -0.497 e. The van der Waals surface area contributed by atoms with Gasteiger partial charge in [-0.25, -0.2) is 8.42 Å². The standard InChI is InChI=1S/C27H24N3O3PS2/c1-33-22-12-10-11-21(19-22)27(20-36(31,32)30-26-18-9-8-17-25(26)28-29-30)34(35,23-13-4-2-5-14-23)24-15-6-3-7-16-24/h2-19,27H,20H2,1H3/t27-/m0/s1. The van der Waals surface area contributed by atoms with Gasteiger partial charge in [0.25, 0.3) is 10.0 Å². The second-order valence-electron chi connectivity index (χ2n) is 8.32. The minimum atomic E-state index is -3.95. The minimum absolute atomic E-state index is 0.241. The molecule has 4 aromatic carbocycles. The SMILES string of the molecule is COc1cccc([C@H](CS(=O)(=O)n2nnc3ccccc32)P(=S)(c2ccccc2)c2ccccc2)c1. The molecule has 36 heavy (non-hydrogen) atoms. The molecule has 5 rings (SSSR count). The predicted molar refractivity (Wildman–Crippen MR) is 149 cm³/mol. The Labute approximate surface area is 215 Å². The van der Waals surface area contributed by atoms with Crippen molar-refractivity contribution in [1.29, 1.82) is 0 Å². The first-order chi connectivity index (χ1) is 17.4. The zero-order chi connectivity index (χ0) is 25.2. The van der Waals surface area contributed by atoms with E-state index in [-0.39, 0.29) is 5.75 Å². The molecule has 0 saturated heterocycles. The molecule has 0 saturated carbocycles. The summed E-state index contributed by atoms with van der Waals surface area (Å²) in [4.78, 5) is 0. The Balaban J connectivity index is 1.74. The van der Waals surface area contributed by atoms with Crippen LogP contribution in [0.5, 0.6) is 5.75 Å². The van der Waals surface area contributed by atoms with Crippen molar-refractivity contribution in [2.24, 2.45) is 0 Å². The Morgan fingerprint density at radius 3 is 2.11 bits per heavy atom. The fourth-order valence-electron chi connectivity index (χ4n) is 4.39. The van der Waals surface area contributed by atoms with Gasteiger partial charge in [0.05, 0.1) is 12.9 Å². The number of hydrogen-bond donors (Lipinski definition) is 0. The first-order valence-corrected chi connectivity index (χ1v) is 15.8. The molecular formula is C27H24N3O3PS2. The second kappa shape index (κ2) is 9.97. The largest absolute Gasteiger partial charge is 0.497 e. The van der Waals surface area contributed by atoms with E-state index in [9.17, 15) is 8.42 Å². The lowest BCUT2D eigenvalue weighted by molar-refractivity contribution is 0.414. The molecule has 0 aliphatic carbocycles. The van der Waals surface area contributed by atoms with Crippen LogP contribution in [0.2, 0.25) is 0 Å². The van der Waals surface area contributed by atoms with Gasteiger partial charge >= 0.3 is 0 Å². The number of benzene rings is 4. The van der Waals surface area contributed by atoms with Crippen molar-refractivity contribution in [3.8, 4) is 5.75 Å². The number of aromatic nitrogens is 3. The fraction of sp³-hybridized carbons (Fsp3) is 0.111. The Kier molecular flexibility index (Phi) is 6.75. The molecule has 0 radical (unpaired) electrons. The first kappa shape index (κ1) is 24.4. The van der Waals surface area contributed by atoms with Crippen molar-refractivity contribution >= 4 is 49.5 Å². The maximum atomic E-state index is 14.0. The van der Waals surface area contributed by atoms with Gasteiger partial charge in [0.15, 0.2) is 0 Å². The molecule has 1 aromatic heterocycles. The number of hydrogen-bond acceptors (Lipinski definition) is 6. The zero-order valence-electron chi connectivity index (χ0n) is 19.5. The van der Waals surface area contributed by atoms with Crippen molar-refractivity contribution in [1.82, 2.24) is 14.4 Å². The Bertz CT molecular complexity index is 1610. The number of fused-ring (bicyclic) bond motifs is 1. The first-order valence-electron chi connectivity index (χ1n) is 11.3. The molecule has 182 valence electrons. The number of methoxy groups -OCH3 is 1. The van der Waals surface area contributed by atoms with E-state index >= 15 is 0 Å². The van der Waals surface area contributed by atoms with Crippen LogP contribution in [-0.4, -0.2) is 35.7 Å². The van der Waals surface area contributed by atoms with Gasteiger partial charge in [-0.3, -0.25) is 0 Å². The highest BCUT2D eigenvalue weighted by Crippen LogP contribution is 2.58. The van der Waals surface area contributed by atoms with E-state index in [2.05, 4.69) is 10.3 Å². The molecule has 5 aromatic rings. The van der Waals surface area contributed by atoms with E-state index in [0.717, 1.165) is 20.3 Å². The summed E-state index contributed by atoms with van der Waals surface area (Å²) in [5.74, 6) is 0.401. The van der Waals surface area contributed by atoms with Gasteiger partial charge in [-0.05, 0) is 40.4 Å². The number of ether oxygens (including phenoxy) is 1. The van der Waals surface area contributed by atoms with Crippen molar-refractivity contribution < 1.29 is 13.2 Å². The molecule has 0 aliphatic heterocycles. The molecule has 0 N–H and O–H groups in total. The lowest BCUT2D eigenvalue weighted by Crippen LogP contribution is -2.29. The van der Waals surface area contributed by atoms with Gasteiger partial charge in [-0.1, -0.05) is 102 Å². The van der Waals surface area contributed by atoms with Crippen LogP contribution in [-0.2, 0) is 21.8 Å². The molecule has 6 nitrogen and oxygen atoms in total. The van der Waals surface area contributed by atoms with E-state index in [1.807, 2.05) is 84.9 Å². The van der Waals surface area contributed by atoms with Crippen LogP contribution in [0.4, 0.5) is 0 Å². The highest BCUT2D eigenvalue weighted by molar-refractivity contribution is 8.22. The maximum Gasteiger partial charge on any atom is 0.256 e. The summed E-state index contributed by atoms with van der Waals surface area (Å²) >= 11 is 6.57. The van der Waals surface area contributed by atoms with Crippen molar-refractivity contribution in [2.75, 3.05) is 12.9 Å². The summed E-state index contributed by atoms with van der Waals surface area (Å²) in [5.41, 5.74) is 1.22. The third-order valence-electron chi connectivity index (χ3n) is 6.15. The molecule has 0 spiro atoms. The van der Waals surface area contributed by atoms with Crippen LogP contribution >= 0.6 is 6.04 Å². The fourth-order valence-corrected chi connectivity index (χ4v) is 11.6. The van der Waals surface area contributed by atoms with E-state index < -0.39 is 21.7 Å². The normalized spacial score (nSPS) is 12.9. The lowest BCUT2D eigenvalue weighted by atomic mass is 10.1. The van der Waals surface area contributed by atoms with Gasteiger partial charge in [0, 0.05) is 11.7 Å². The molecular weight excluding hydrogens is 509 g/mol. The van der Waals surface area contributed by atoms with E-state index in [0.29, 0.717) is 16.8 Å². The number of nitrogens with zero attached hydrogens (tertiary/aromatic N) is 3. The summed E-state index contributed by atoms with van der Waals surface area (Å²) < 4.78 is 34.4. The summed E-state index contributed by atoms with van der Waals surface area (Å²) in [6, 6.07) is 31.5. The Hall–Kier alpha value is -3.32. The van der Waals surface area contributed by atoms with Gasteiger partial charge in [0.2, 0.25) is 0 Å². The molecule has 9 heteroatoms. The monoisotopic (exact) mass is 533 g/mol. The average Bonchev–Trinajstić information content (AvgIpc) is 3.38. The van der Waals surface area contributed by atoms with Gasteiger partial charge in [0.1, 0.15) is 16.8 Å². The smallest absolute Gasteiger partial charge is 0.256 e. The van der Waals surface area contributed by atoms with E-state index in [4.69, 9.17) is 16.5 Å². The van der Waals surface area contributed by atoms with Crippen LogP contribution in [0.1, 0.15) is 11.2 Å². The van der Waals surface area contributed by atoms with Crippen LogP contribution in [0.15, 0.2) is 109 Å². The highest BCUT2D eigenvalue weighted by Gasteiger charge is 2.38. The molecule has 1 heterocycles. The molecule has 0 bridgehead atoms. The Morgan fingerprint density at radius 1 is 0.861 bits per heavy atom. The number of para-hydroxylation sites is 1. The molecule has 0 aliphatic rings. The molecule has 0 unspecified atom stereocenters. The van der Waals surface area contributed by atoms with E-state index in [1.54, 1.807) is 31.4 Å². The second-order valence-corrected chi connectivity index (χ2v) is 14.9. The van der Waals surface area contributed by atoms with Crippen molar-refractivity contribution in [3.63, 3.8) is 0 Å². The summed E-state index contributed by atoms with van der Waals surface area (Å²) in [5, 5.41) is 9.96. The Morgan fingerprint density at radius 2 is 1.47 bits per heavy atom. The quantitative estimate of drug-likeness (QED) is 0.274. The van der Waals surface area contributed by atoms with Gasteiger partial charge < -0.3 is 4.74 Å². The highest BCUT2D eigenvalue weighted by atomic mass is 32.4. The van der Waals surface area contributed by atoms with Gasteiger partial charge in [-0.2, -0.15) is 0 Å².